The fourth-order valence-electron chi connectivity index (χ4n) is 1.53. The molecule has 1 amide bonds. The summed E-state index contributed by atoms with van der Waals surface area (Å²) in [5.74, 6) is 1.11. The second-order valence-corrected chi connectivity index (χ2v) is 5.75. The summed E-state index contributed by atoms with van der Waals surface area (Å²) in [6, 6.07) is -0.0746. The first-order chi connectivity index (χ1) is 8.23. The van der Waals surface area contributed by atoms with Gasteiger partial charge in [-0.15, -0.1) is 0 Å². The minimum Gasteiger partial charge on any atom is -0.295 e. The third kappa shape index (κ3) is 3.45. The smallest absolute Gasteiger partial charge is 0.295 e. The zero-order valence-electron chi connectivity index (χ0n) is 12.1. The molecule has 0 saturated heterocycles. The molecule has 1 heterocycles. The maximum absolute atomic E-state index is 12.5. The average molecular weight is 249 g/mol. The van der Waals surface area contributed by atoms with E-state index in [-0.39, 0.29) is 11.6 Å². The second kappa shape index (κ2) is 5.38. The van der Waals surface area contributed by atoms with Crippen LogP contribution in [0.5, 0.6) is 0 Å². The number of carbonyl (C=O) groups excluding carboxylic acids is 1. The van der Waals surface area contributed by atoms with Gasteiger partial charge in [0.25, 0.3) is 0 Å². The quantitative estimate of drug-likeness (QED) is 0.805. The number of aryl methyl sites for hydroxylation is 1. The first kappa shape index (κ1) is 14.5. The molecule has 0 saturated carbocycles. The highest BCUT2D eigenvalue weighted by Gasteiger charge is 2.26. The second-order valence-electron chi connectivity index (χ2n) is 5.75. The monoisotopic (exact) mass is 249 g/mol. The van der Waals surface area contributed by atoms with E-state index in [4.69, 9.17) is 0 Å². The van der Waals surface area contributed by atoms with Crippen molar-refractivity contribution in [2.75, 3.05) is 0 Å². The summed E-state index contributed by atoms with van der Waals surface area (Å²) >= 11 is 0. The normalized spacial score (nSPS) is 12.4. The highest BCUT2D eigenvalue weighted by atomic mass is 16.2. The molecular formula is C14H23N3O. The van der Waals surface area contributed by atoms with Gasteiger partial charge in [0.05, 0.1) is 0 Å². The topological polar surface area (TPSA) is 38.1 Å². The highest BCUT2D eigenvalue weighted by Crippen LogP contribution is 2.17. The molecule has 4 heteroatoms. The SMILES string of the molecule is Cc1nccn1C(=O)N(C=CC(C)C)C(C)(C)C. The van der Waals surface area contributed by atoms with Crippen LogP contribution in [0.4, 0.5) is 4.79 Å². The van der Waals surface area contributed by atoms with E-state index in [2.05, 4.69) is 18.8 Å². The molecule has 0 fully saturated rings. The van der Waals surface area contributed by atoms with Crippen molar-refractivity contribution in [2.45, 2.75) is 47.1 Å². The van der Waals surface area contributed by atoms with Crippen molar-refractivity contribution in [1.29, 1.82) is 0 Å². The third-order valence-electron chi connectivity index (χ3n) is 2.58. The van der Waals surface area contributed by atoms with Gasteiger partial charge in [0.15, 0.2) is 0 Å². The number of carbonyl (C=O) groups is 1. The van der Waals surface area contributed by atoms with Gasteiger partial charge in [-0.1, -0.05) is 19.9 Å². The largest absolute Gasteiger partial charge is 0.334 e. The predicted octanol–water partition coefficient (Wildman–Crippen LogP) is 3.43. The van der Waals surface area contributed by atoms with Crippen LogP contribution in [-0.2, 0) is 0 Å². The molecule has 0 spiro atoms. The Kier molecular flexibility index (Phi) is 4.33. The fourth-order valence-corrected chi connectivity index (χ4v) is 1.53. The highest BCUT2D eigenvalue weighted by molar-refractivity contribution is 5.79. The van der Waals surface area contributed by atoms with Gasteiger partial charge in [-0.05, 0) is 33.6 Å². The van der Waals surface area contributed by atoms with Gasteiger partial charge >= 0.3 is 6.03 Å². The number of nitrogens with zero attached hydrogens (tertiary/aromatic N) is 3. The number of allylic oxidation sites excluding steroid dienone is 1. The number of hydrogen-bond donors (Lipinski definition) is 0. The molecule has 0 atom stereocenters. The van der Waals surface area contributed by atoms with Crippen LogP contribution < -0.4 is 0 Å². The summed E-state index contributed by atoms with van der Waals surface area (Å²) in [6.45, 7) is 12.0. The van der Waals surface area contributed by atoms with E-state index in [0.717, 1.165) is 0 Å². The van der Waals surface area contributed by atoms with Gasteiger partial charge in [0.2, 0.25) is 0 Å². The van der Waals surface area contributed by atoms with Crippen molar-refractivity contribution in [1.82, 2.24) is 14.5 Å². The van der Waals surface area contributed by atoms with E-state index >= 15 is 0 Å². The summed E-state index contributed by atoms with van der Waals surface area (Å²) in [5.41, 5.74) is -0.265. The van der Waals surface area contributed by atoms with Gasteiger partial charge < -0.3 is 0 Å². The Bertz CT molecular complexity index is 438. The molecule has 0 bridgehead atoms. The number of hydrogen-bond acceptors (Lipinski definition) is 2. The number of imidazole rings is 1. The molecule has 4 nitrogen and oxygen atoms in total. The van der Waals surface area contributed by atoms with Crippen LogP contribution in [0.1, 0.15) is 40.4 Å². The van der Waals surface area contributed by atoms with Crippen LogP contribution in [0.25, 0.3) is 0 Å². The van der Waals surface area contributed by atoms with Gasteiger partial charge in [-0.3, -0.25) is 9.47 Å². The van der Waals surface area contributed by atoms with Crippen LogP contribution in [0.3, 0.4) is 0 Å². The van der Waals surface area contributed by atoms with E-state index in [9.17, 15) is 4.79 Å². The summed E-state index contributed by atoms with van der Waals surface area (Å²) < 4.78 is 1.57. The third-order valence-corrected chi connectivity index (χ3v) is 2.58. The van der Waals surface area contributed by atoms with E-state index < -0.39 is 0 Å². The summed E-state index contributed by atoms with van der Waals surface area (Å²) in [4.78, 5) is 18.3. The Labute approximate surface area is 109 Å². The zero-order valence-corrected chi connectivity index (χ0v) is 12.1. The lowest BCUT2D eigenvalue weighted by atomic mass is 10.1. The summed E-state index contributed by atoms with van der Waals surface area (Å²) in [5, 5.41) is 0. The van der Waals surface area contributed by atoms with Crippen molar-refractivity contribution in [3.05, 3.63) is 30.5 Å². The average Bonchev–Trinajstić information content (AvgIpc) is 2.61. The van der Waals surface area contributed by atoms with E-state index in [1.165, 1.54) is 0 Å². The number of aromatic nitrogens is 2. The molecule has 0 aliphatic heterocycles. The van der Waals surface area contributed by atoms with Gasteiger partial charge in [0, 0.05) is 24.1 Å². The standard InChI is InChI=1S/C14H23N3O/c1-11(2)7-9-17(14(4,5)6)13(18)16-10-8-15-12(16)3/h7-11H,1-6H3. The molecule has 100 valence electrons. The van der Waals surface area contributed by atoms with Crippen molar-refractivity contribution < 1.29 is 4.79 Å². The molecule has 0 aliphatic carbocycles. The fraction of sp³-hybridized carbons (Fsp3) is 0.571. The molecule has 18 heavy (non-hydrogen) atoms. The maximum Gasteiger partial charge on any atom is 0.334 e. The zero-order chi connectivity index (χ0) is 13.9. The first-order valence-corrected chi connectivity index (χ1v) is 6.25. The van der Waals surface area contributed by atoms with Crippen LogP contribution in [0, 0.1) is 12.8 Å². The molecule has 0 aromatic carbocycles. The Morgan fingerprint density at radius 3 is 2.44 bits per heavy atom. The lowest BCUT2D eigenvalue weighted by molar-refractivity contribution is 0.179. The van der Waals surface area contributed by atoms with Gasteiger partial charge in [-0.2, -0.15) is 0 Å². The molecular weight excluding hydrogens is 226 g/mol. The Morgan fingerprint density at radius 1 is 1.44 bits per heavy atom. The molecule has 0 aliphatic rings. The Balaban J connectivity index is 3.05. The molecule has 0 N–H and O–H groups in total. The predicted molar refractivity (Wildman–Crippen MR) is 73.3 cm³/mol. The van der Waals surface area contributed by atoms with Crippen LogP contribution in [0.15, 0.2) is 24.7 Å². The lowest BCUT2D eigenvalue weighted by Gasteiger charge is -2.33. The van der Waals surface area contributed by atoms with Crippen LogP contribution >= 0.6 is 0 Å². The number of amides is 1. The van der Waals surface area contributed by atoms with Crippen molar-refractivity contribution >= 4 is 6.03 Å². The number of rotatable bonds is 2. The molecule has 0 radical (unpaired) electrons. The Morgan fingerprint density at radius 2 is 2.06 bits per heavy atom. The van der Waals surface area contributed by atoms with Crippen LogP contribution in [0.2, 0.25) is 0 Å². The maximum atomic E-state index is 12.5. The lowest BCUT2D eigenvalue weighted by Crippen LogP contribution is -2.44. The summed E-state index contributed by atoms with van der Waals surface area (Å²) in [6.07, 6.45) is 7.22. The molecule has 1 aromatic heterocycles. The van der Waals surface area contributed by atoms with Crippen LogP contribution in [-0.4, -0.2) is 26.0 Å². The molecule has 0 unspecified atom stereocenters. The minimum atomic E-state index is -0.265. The van der Waals surface area contributed by atoms with Crippen molar-refractivity contribution in [3.63, 3.8) is 0 Å². The molecule has 1 aromatic rings. The van der Waals surface area contributed by atoms with E-state index in [1.54, 1.807) is 21.9 Å². The van der Waals surface area contributed by atoms with Crippen molar-refractivity contribution in [2.24, 2.45) is 5.92 Å². The minimum absolute atomic E-state index is 0.0746. The first-order valence-electron chi connectivity index (χ1n) is 6.25. The Hall–Kier alpha value is -1.58. The summed E-state index contributed by atoms with van der Waals surface area (Å²) in [7, 11) is 0. The molecule has 1 rings (SSSR count). The van der Waals surface area contributed by atoms with E-state index in [0.29, 0.717) is 11.7 Å². The van der Waals surface area contributed by atoms with Gasteiger partial charge in [0.1, 0.15) is 5.82 Å². The van der Waals surface area contributed by atoms with E-state index in [1.807, 2.05) is 40.0 Å². The van der Waals surface area contributed by atoms with Gasteiger partial charge in [-0.25, -0.2) is 9.78 Å². The van der Waals surface area contributed by atoms with Crippen molar-refractivity contribution in [3.8, 4) is 0 Å².